The standard InChI is InChI=1S/C20H23FN6/c1-3-23-20(25-12-17-5-4-15(2)19(21)10-17)24-11-16-6-8-18(9-7-16)27-14-22-13-26-27/h4-10,13-14H,3,11-12H2,1-2H3,(H2,23,24,25). The number of hydrogen-bond acceptors (Lipinski definition) is 3. The van der Waals surface area contributed by atoms with Crippen LogP contribution in [0.1, 0.15) is 23.6 Å². The van der Waals surface area contributed by atoms with E-state index >= 15 is 0 Å². The first kappa shape index (κ1) is 18.6. The fourth-order valence-corrected chi connectivity index (χ4v) is 2.54. The predicted molar refractivity (Wildman–Crippen MR) is 104 cm³/mol. The van der Waals surface area contributed by atoms with Crippen LogP contribution in [-0.2, 0) is 13.1 Å². The lowest BCUT2D eigenvalue weighted by molar-refractivity contribution is 0.616. The van der Waals surface area contributed by atoms with Gasteiger partial charge >= 0.3 is 0 Å². The zero-order valence-electron chi connectivity index (χ0n) is 15.5. The normalized spacial score (nSPS) is 11.4. The maximum Gasteiger partial charge on any atom is 0.191 e. The number of nitrogens with one attached hydrogen (secondary N) is 2. The summed E-state index contributed by atoms with van der Waals surface area (Å²) in [6, 6.07) is 13.2. The van der Waals surface area contributed by atoms with E-state index in [0.717, 1.165) is 23.4 Å². The second-order valence-electron chi connectivity index (χ2n) is 6.14. The molecule has 3 rings (SSSR count). The molecule has 6 nitrogen and oxygen atoms in total. The van der Waals surface area contributed by atoms with Crippen LogP contribution in [0.3, 0.4) is 0 Å². The van der Waals surface area contributed by atoms with Crippen LogP contribution in [0.15, 0.2) is 60.1 Å². The molecule has 0 atom stereocenters. The third kappa shape index (κ3) is 5.13. The Hall–Kier alpha value is -3.22. The van der Waals surface area contributed by atoms with Crippen LogP contribution in [0.2, 0.25) is 0 Å². The number of hydrogen-bond donors (Lipinski definition) is 2. The van der Waals surface area contributed by atoms with Crippen molar-refractivity contribution < 1.29 is 4.39 Å². The van der Waals surface area contributed by atoms with E-state index in [4.69, 9.17) is 0 Å². The summed E-state index contributed by atoms with van der Waals surface area (Å²) >= 11 is 0. The summed E-state index contributed by atoms with van der Waals surface area (Å²) in [6.45, 7) is 5.56. The predicted octanol–water partition coefficient (Wildman–Crippen LogP) is 2.97. The van der Waals surface area contributed by atoms with E-state index in [-0.39, 0.29) is 5.82 Å². The van der Waals surface area contributed by atoms with Gasteiger partial charge in [-0.05, 0) is 48.7 Å². The number of aryl methyl sites for hydroxylation is 1. The Labute approximate surface area is 158 Å². The molecule has 0 saturated carbocycles. The van der Waals surface area contributed by atoms with E-state index in [0.29, 0.717) is 24.6 Å². The number of rotatable bonds is 6. The van der Waals surface area contributed by atoms with Crippen molar-refractivity contribution in [1.82, 2.24) is 25.4 Å². The van der Waals surface area contributed by atoms with E-state index in [9.17, 15) is 4.39 Å². The van der Waals surface area contributed by atoms with Gasteiger partial charge < -0.3 is 10.6 Å². The molecule has 1 heterocycles. The maximum atomic E-state index is 13.7. The molecule has 0 saturated heterocycles. The first-order chi connectivity index (χ1) is 13.2. The first-order valence-electron chi connectivity index (χ1n) is 8.87. The zero-order chi connectivity index (χ0) is 19.1. The highest BCUT2D eigenvalue weighted by Gasteiger charge is 2.02. The molecule has 1 aromatic heterocycles. The summed E-state index contributed by atoms with van der Waals surface area (Å²) < 4.78 is 15.4. The largest absolute Gasteiger partial charge is 0.357 e. The van der Waals surface area contributed by atoms with E-state index < -0.39 is 0 Å². The summed E-state index contributed by atoms with van der Waals surface area (Å²) in [5.74, 6) is 0.493. The van der Waals surface area contributed by atoms with Crippen LogP contribution >= 0.6 is 0 Å². The number of halogens is 1. The van der Waals surface area contributed by atoms with Gasteiger partial charge in [0.1, 0.15) is 18.5 Å². The highest BCUT2D eigenvalue weighted by atomic mass is 19.1. The second-order valence-corrected chi connectivity index (χ2v) is 6.14. The first-order valence-corrected chi connectivity index (χ1v) is 8.87. The third-order valence-electron chi connectivity index (χ3n) is 4.08. The molecule has 2 N–H and O–H groups in total. The van der Waals surface area contributed by atoms with Gasteiger partial charge in [-0.3, -0.25) is 0 Å². The van der Waals surface area contributed by atoms with Gasteiger partial charge in [-0.2, -0.15) is 5.10 Å². The maximum absolute atomic E-state index is 13.7. The number of nitrogens with zero attached hydrogens (tertiary/aromatic N) is 4. The highest BCUT2D eigenvalue weighted by Crippen LogP contribution is 2.10. The Balaban J connectivity index is 1.61. The lowest BCUT2D eigenvalue weighted by Crippen LogP contribution is -2.36. The quantitative estimate of drug-likeness (QED) is 0.520. The van der Waals surface area contributed by atoms with Gasteiger partial charge in [0.15, 0.2) is 5.96 Å². The molecule has 27 heavy (non-hydrogen) atoms. The van der Waals surface area contributed by atoms with Crippen LogP contribution in [0.25, 0.3) is 5.69 Å². The third-order valence-corrected chi connectivity index (χ3v) is 4.08. The smallest absolute Gasteiger partial charge is 0.191 e. The van der Waals surface area contributed by atoms with E-state index in [1.54, 1.807) is 24.0 Å². The highest BCUT2D eigenvalue weighted by molar-refractivity contribution is 5.79. The molecule has 0 amide bonds. The lowest BCUT2D eigenvalue weighted by atomic mass is 10.1. The Kier molecular flexibility index (Phi) is 6.14. The van der Waals surface area contributed by atoms with Crippen LogP contribution in [0, 0.1) is 12.7 Å². The number of guanidine groups is 1. The molecule has 0 aliphatic heterocycles. The van der Waals surface area contributed by atoms with Gasteiger partial charge in [-0.1, -0.05) is 24.3 Å². The fourth-order valence-electron chi connectivity index (χ4n) is 2.54. The Morgan fingerprint density at radius 3 is 2.56 bits per heavy atom. The summed E-state index contributed by atoms with van der Waals surface area (Å²) in [5.41, 5.74) is 3.55. The monoisotopic (exact) mass is 366 g/mol. The number of aliphatic imine (C=N–C) groups is 1. The Morgan fingerprint density at radius 1 is 1.11 bits per heavy atom. The minimum Gasteiger partial charge on any atom is -0.357 e. The van der Waals surface area contributed by atoms with Crippen molar-refractivity contribution in [3.8, 4) is 5.69 Å². The van der Waals surface area contributed by atoms with Crippen LogP contribution in [0.4, 0.5) is 4.39 Å². The summed E-state index contributed by atoms with van der Waals surface area (Å²) in [7, 11) is 0. The molecule has 0 spiro atoms. The van der Waals surface area contributed by atoms with Crippen LogP contribution in [-0.4, -0.2) is 27.3 Å². The van der Waals surface area contributed by atoms with Crippen molar-refractivity contribution in [2.24, 2.45) is 4.99 Å². The van der Waals surface area contributed by atoms with Crippen LogP contribution < -0.4 is 10.6 Å². The van der Waals surface area contributed by atoms with E-state index in [1.165, 1.54) is 12.4 Å². The average molecular weight is 366 g/mol. The SMILES string of the molecule is CCNC(=NCc1ccc(C)c(F)c1)NCc1ccc(-n2cncn2)cc1. The Morgan fingerprint density at radius 2 is 1.89 bits per heavy atom. The van der Waals surface area contributed by atoms with Crippen molar-refractivity contribution in [2.75, 3.05) is 6.54 Å². The second kappa shape index (κ2) is 8.93. The molecule has 0 unspecified atom stereocenters. The molecule has 0 bridgehead atoms. The van der Waals surface area contributed by atoms with Crippen molar-refractivity contribution in [1.29, 1.82) is 0 Å². The Bertz CT molecular complexity index is 887. The minimum atomic E-state index is -0.201. The molecule has 2 aromatic carbocycles. The molecule has 0 aliphatic carbocycles. The molecule has 0 radical (unpaired) electrons. The minimum absolute atomic E-state index is 0.201. The molecule has 0 aliphatic rings. The summed E-state index contributed by atoms with van der Waals surface area (Å²) in [6.07, 6.45) is 3.17. The molecule has 140 valence electrons. The molecule has 3 aromatic rings. The van der Waals surface area contributed by atoms with Gasteiger partial charge in [0.2, 0.25) is 0 Å². The number of benzene rings is 2. The summed E-state index contributed by atoms with van der Waals surface area (Å²) in [5, 5.41) is 10.6. The fraction of sp³-hybridized carbons (Fsp3) is 0.250. The zero-order valence-corrected chi connectivity index (χ0v) is 15.5. The van der Waals surface area contributed by atoms with E-state index in [2.05, 4.69) is 25.7 Å². The lowest BCUT2D eigenvalue weighted by Gasteiger charge is -2.12. The molecule has 7 heteroatoms. The van der Waals surface area contributed by atoms with Gasteiger partial charge in [-0.15, -0.1) is 0 Å². The van der Waals surface area contributed by atoms with Crippen LogP contribution in [0.5, 0.6) is 0 Å². The van der Waals surface area contributed by atoms with Gasteiger partial charge in [0.25, 0.3) is 0 Å². The van der Waals surface area contributed by atoms with Crippen molar-refractivity contribution in [3.05, 3.63) is 77.6 Å². The number of aromatic nitrogens is 3. The summed E-state index contributed by atoms with van der Waals surface area (Å²) in [4.78, 5) is 8.48. The van der Waals surface area contributed by atoms with Gasteiger partial charge in [0, 0.05) is 13.1 Å². The average Bonchev–Trinajstić information content (AvgIpc) is 3.22. The topological polar surface area (TPSA) is 67.1 Å². The molecular weight excluding hydrogens is 343 g/mol. The molecule has 0 fully saturated rings. The van der Waals surface area contributed by atoms with Gasteiger partial charge in [0.05, 0.1) is 12.2 Å². The van der Waals surface area contributed by atoms with E-state index in [1.807, 2.05) is 37.3 Å². The molecular formula is C20H23FN6. The van der Waals surface area contributed by atoms with Crippen molar-refractivity contribution in [3.63, 3.8) is 0 Å². The van der Waals surface area contributed by atoms with Crippen molar-refractivity contribution in [2.45, 2.75) is 26.9 Å². The van der Waals surface area contributed by atoms with Crippen molar-refractivity contribution >= 4 is 5.96 Å². The van der Waals surface area contributed by atoms with Gasteiger partial charge in [-0.25, -0.2) is 19.0 Å².